The van der Waals surface area contributed by atoms with E-state index in [4.69, 9.17) is 19.3 Å². The van der Waals surface area contributed by atoms with E-state index in [0.29, 0.717) is 22.0 Å². The molecule has 5 N–H and O–H groups in total. The van der Waals surface area contributed by atoms with E-state index < -0.39 is 0 Å². The number of carbonyl (C=O) groups excluding carboxylic acids is 1. The molecule has 112 valence electrons. The molecule has 0 spiro atoms. The number of nitrogens with zero attached hydrogens (tertiary/aromatic N) is 2. The highest BCUT2D eigenvalue weighted by Gasteiger charge is 2.08. The molecule has 0 bridgehead atoms. The Bertz CT molecular complexity index is 709. The maximum absolute atomic E-state index is 11.0. The van der Waals surface area contributed by atoms with E-state index in [1.54, 1.807) is 0 Å². The number of rotatable bonds is 5. The summed E-state index contributed by atoms with van der Waals surface area (Å²) in [6.45, 7) is 1.44. The molecule has 1 aromatic heterocycles. The second-order valence-electron chi connectivity index (χ2n) is 4.72. The Morgan fingerprint density at radius 2 is 2.18 bits per heavy atom. The van der Waals surface area contributed by atoms with Crippen LogP contribution in [0.15, 0.2) is 29.3 Å². The summed E-state index contributed by atoms with van der Waals surface area (Å²) in [6, 6.07) is 7.62. The van der Waals surface area contributed by atoms with Crippen LogP contribution in [0.2, 0.25) is 0 Å². The molecule has 0 aliphatic rings. The smallest absolute Gasteiger partial charge is 0.223 e. The zero-order chi connectivity index (χ0) is 16.1. The molecule has 0 aliphatic carbocycles. The van der Waals surface area contributed by atoms with Crippen LogP contribution in [0.25, 0.3) is 0 Å². The predicted octanol–water partition coefficient (Wildman–Crippen LogP) is 0.585. The fourth-order valence-electron chi connectivity index (χ4n) is 1.94. The van der Waals surface area contributed by atoms with E-state index in [1.807, 2.05) is 24.3 Å². The van der Waals surface area contributed by atoms with Gasteiger partial charge in [-0.2, -0.15) is 0 Å². The molecule has 2 rings (SSSR count). The first kappa shape index (κ1) is 16.0. The number of amides is 1. The molecule has 1 heterocycles. The molecule has 8 heteroatoms. The largest absolute Gasteiger partial charge is 0.370 e. The summed E-state index contributed by atoms with van der Waals surface area (Å²) < 4.78 is 0.615. The monoisotopic (exact) mass is 313 g/mol. The van der Waals surface area contributed by atoms with E-state index in [1.165, 1.54) is 18.3 Å². The van der Waals surface area contributed by atoms with E-state index in [2.05, 4.69) is 15.3 Å². The van der Waals surface area contributed by atoms with Gasteiger partial charge in [-0.3, -0.25) is 4.79 Å². The van der Waals surface area contributed by atoms with E-state index >= 15 is 0 Å². The van der Waals surface area contributed by atoms with Gasteiger partial charge in [0.2, 0.25) is 5.91 Å². The van der Waals surface area contributed by atoms with Crippen molar-refractivity contribution < 1.29 is 4.79 Å². The molecule has 0 saturated heterocycles. The minimum atomic E-state index is -0.162. The lowest BCUT2D eigenvalue weighted by molar-refractivity contribution is -0.114. The highest BCUT2D eigenvalue weighted by Crippen LogP contribution is 2.17. The van der Waals surface area contributed by atoms with Gasteiger partial charge >= 0.3 is 0 Å². The molecule has 1 aromatic carbocycles. The van der Waals surface area contributed by atoms with Crippen molar-refractivity contribution in [2.24, 2.45) is 16.5 Å². The highest BCUT2D eigenvalue weighted by atomic mass is 32.1. The first-order valence-corrected chi connectivity index (χ1v) is 7.47. The van der Waals surface area contributed by atoms with Gasteiger partial charge in [-0.25, -0.2) is 9.98 Å². The van der Waals surface area contributed by atoms with Gasteiger partial charge in [-0.05, 0) is 35.3 Å². The molecule has 2 radical (unpaired) electrons. The third kappa shape index (κ3) is 4.59. The summed E-state index contributed by atoms with van der Waals surface area (Å²) >= 11 is 1.27. The number of anilines is 1. The quantitative estimate of drug-likeness (QED) is 0.426. The van der Waals surface area contributed by atoms with Crippen molar-refractivity contribution in [3.8, 4) is 0 Å². The Balaban J connectivity index is 2.05. The van der Waals surface area contributed by atoms with Crippen LogP contribution in [0.3, 0.4) is 0 Å². The van der Waals surface area contributed by atoms with Crippen LogP contribution in [0.1, 0.15) is 18.2 Å². The molecule has 22 heavy (non-hydrogen) atoms. The number of benzene rings is 1. The molecule has 0 aliphatic heterocycles. The maximum Gasteiger partial charge on any atom is 0.223 e. The van der Waals surface area contributed by atoms with Crippen LogP contribution in [0.4, 0.5) is 10.8 Å². The molecule has 0 unspecified atom stereocenters. The van der Waals surface area contributed by atoms with Gasteiger partial charge in [-0.15, -0.1) is 11.3 Å². The second kappa shape index (κ2) is 7.08. The minimum Gasteiger partial charge on any atom is -0.370 e. The van der Waals surface area contributed by atoms with Gasteiger partial charge in [0.1, 0.15) is 7.85 Å². The first-order chi connectivity index (χ1) is 10.4. The summed E-state index contributed by atoms with van der Waals surface area (Å²) in [5.41, 5.74) is 13.3. The predicted molar refractivity (Wildman–Crippen MR) is 91.1 cm³/mol. The molecule has 1 amide bonds. The van der Waals surface area contributed by atoms with Crippen molar-refractivity contribution >= 4 is 46.6 Å². The summed E-state index contributed by atoms with van der Waals surface area (Å²) in [7, 11) is 5.93. The zero-order valence-corrected chi connectivity index (χ0v) is 13.0. The average molecular weight is 313 g/mol. The SMILES string of the molecule is [B]c1sc(NC(C)=O)nc1CCc1cccc(N=C(N)N)c1. The Labute approximate surface area is 134 Å². The number of thiazole rings is 1. The molecule has 0 saturated carbocycles. The standard InChI is InChI=1S/C14H16BN5OS/c1-8(21)18-14-20-11(12(15)22-14)6-5-9-3-2-4-10(7-9)19-13(16)17/h2-4,7H,5-6H2,1H3,(H4,16,17,19)(H,18,20,21). The second-order valence-corrected chi connectivity index (χ2v) is 5.75. The molecule has 0 fully saturated rings. The lowest BCUT2D eigenvalue weighted by atomic mass is 10.0. The lowest BCUT2D eigenvalue weighted by Gasteiger charge is -2.02. The summed E-state index contributed by atoms with van der Waals surface area (Å²) in [4.78, 5) is 19.4. The van der Waals surface area contributed by atoms with Crippen molar-refractivity contribution in [3.63, 3.8) is 0 Å². The van der Waals surface area contributed by atoms with Gasteiger partial charge in [0, 0.05) is 12.6 Å². The number of carbonyl (C=O) groups is 1. The maximum atomic E-state index is 11.0. The van der Waals surface area contributed by atoms with E-state index in [9.17, 15) is 4.79 Å². The zero-order valence-electron chi connectivity index (χ0n) is 12.2. The topological polar surface area (TPSA) is 106 Å². The Hall–Kier alpha value is -2.35. The highest BCUT2D eigenvalue weighted by molar-refractivity contribution is 7.23. The van der Waals surface area contributed by atoms with Gasteiger partial charge in [-0.1, -0.05) is 12.1 Å². The van der Waals surface area contributed by atoms with Gasteiger partial charge in [0.25, 0.3) is 0 Å². The molecular formula is C14H16BN5OS. The molecule has 0 atom stereocenters. The number of nitrogens with two attached hydrogens (primary N) is 2. The van der Waals surface area contributed by atoms with Crippen LogP contribution in [-0.4, -0.2) is 24.7 Å². The van der Waals surface area contributed by atoms with Crippen LogP contribution in [0, 0.1) is 0 Å². The number of nitrogens with one attached hydrogen (secondary N) is 1. The number of hydrogen-bond donors (Lipinski definition) is 3. The number of hydrogen-bond acceptors (Lipinski definition) is 4. The van der Waals surface area contributed by atoms with Crippen molar-refractivity contribution in [2.45, 2.75) is 19.8 Å². The summed E-state index contributed by atoms with van der Waals surface area (Å²) in [5, 5.41) is 3.16. The minimum absolute atomic E-state index is 0.0286. The molecule has 2 aromatic rings. The Morgan fingerprint density at radius 3 is 2.86 bits per heavy atom. The van der Waals surface area contributed by atoms with Crippen LogP contribution in [-0.2, 0) is 17.6 Å². The van der Waals surface area contributed by atoms with Crippen molar-refractivity contribution in [1.82, 2.24) is 4.98 Å². The Morgan fingerprint density at radius 1 is 1.41 bits per heavy atom. The fraction of sp³-hybridized carbons (Fsp3) is 0.214. The van der Waals surface area contributed by atoms with Gasteiger partial charge < -0.3 is 16.8 Å². The number of guanidine groups is 1. The molecular weight excluding hydrogens is 297 g/mol. The number of aliphatic imine (C=N–C) groups is 1. The normalized spacial score (nSPS) is 10.2. The lowest BCUT2D eigenvalue weighted by Crippen LogP contribution is -2.21. The van der Waals surface area contributed by atoms with E-state index in [-0.39, 0.29) is 11.9 Å². The third-order valence-corrected chi connectivity index (χ3v) is 3.67. The van der Waals surface area contributed by atoms with Crippen molar-refractivity contribution in [1.29, 1.82) is 0 Å². The molecule has 6 nitrogen and oxygen atoms in total. The van der Waals surface area contributed by atoms with Crippen LogP contribution < -0.4 is 21.6 Å². The van der Waals surface area contributed by atoms with Crippen molar-refractivity contribution in [3.05, 3.63) is 35.5 Å². The number of aromatic nitrogens is 1. The Kier molecular flexibility index (Phi) is 5.16. The van der Waals surface area contributed by atoms with Gasteiger partial charge in [0.05, 0.1) is 5.69 Å². The number of aryl methyl sites for hydroxylation is 2. The van der Waals surface area contributed by atoms with Crippen LogP contribution in [0.5, 0.6) is 0 Å². The summed E-state index contributed by atoms with van der Waals surface area (Å²) in [5.74, 6) is -0.133. The van der Waals surface area contributed by atoms with E-state index in [0.717, 1.165) is 17.7 Å². The van der Waals surface area contributed by atoms with Gasteiger partial charge in [0.15, 0.2) is 11.1 Å². The average Bonchev–Trinajstić information content (AvgIpc) is 2.75. The van der Waals surface area contributed by atoms with Crippen LogP contribution >= 0.6 is 11.3 Å². The fourth-order valence-corrected chi connectivity index (χ4v) is 2.76. The van der Waals surface area contributed by atoms with Crippen molar-refractivity contribution in [2.75, 3.05) is 5.32 Å². The summed E-state index contributed by atoms with van der Waals surface area (Å²) in [6.07, 6.45) is 1.43. The first-order valence-electron chi connectivity index (χ1n) is 6.65. The third-order valence-electron chi connectivity index (χ3n) is 2.83.